The molecule has 16 nitrogen and oxygen atoms in total. The number of esters is 1. The van der Waals surface area contributed by atoms with Crippen molar-refractivity contribution in [2.75, 3.05) is 46.6 Å². The molecule has 3 aromatic rings. The van der Waals surface area contributed by atoms with Gasteiger partial charge >= 0.3 is 19.7 Å². The summed E-state index contributed by atoms with van der Waals surface area (Å²) in [6.07, 6.45) is -3.38. The number of fused-ring (bicyclic) bond motifs is 1. The molecule has 0 saturated carbocycles. The molecule has 0 radical (unpaired) electrons. The van der Waals surface area contributed by atoms with E-state index < -0.39 is 65.5 Å². The average Bonchev–Trinajstić information content (AvgIpc) is 3.86. The van der Waals surface area contributed by atoms with E-state index in [0.29, 0.717) is 31.1 Å². The van der Waals surface area contributed by atoms with Gasteiger partial charge in [0.25, 0.3) is 0 Å². The number of hydrogen-bond acceptors (Lipinski definition) is 14. The van der Waals surface area contributed by atoms with Gasteiger partial charge in [0.1, 0.15) is 17.6 Å². The van der Waals surface area contributed by atoms with Crippen molar-refractivity contribution >= 4 is 29.7 Å². The molecule has 342 valence electrons. The van der Waals surface area contributed by atoms with Crippen LogP contribution in [0.1, 0.15) is 59.1 Å². The van der Waals surface area contributed by atoms with Crippen LogP contribution in [0.15, 0.2) is 83.8 Å². The van der Waals surface area contributed by atoms with Crippen molar-refractivity contribution in [2.24, 2.45) is 11.8 Å². The number of ether oxygens (including phenoxy) is 5. The topological polar surface area (TPSA) is 197 Å². The van der Waals surface area contributed by atoms with Crippen LogP contribution in [-0.2, 0) is 55.8 Å². The van der Waals surface area contributed by atoms with Crippen LogP contribution in [0.2, 0.25) is 0 Å². The number of carbonyl (C=O) groups excluding carboxylic acids is 2. The van der Waals surface area contributed by atoms with E-state index in [-0.39, 0.29) is 56.0 Å². The number of methoxy groups -OCH3 is 1. The summed E-state index contributed by atoms with van der Waals surface area (Å²) in [5, 5.41) is 16.9. The standard InChI is InChI=1S/C44H62N3O13PS/c1-8-55-41(49)31(4)59-61(51,60-35-12-10-9-11-13-35)44(5,6)29-45-25-33-16-14-32(15-17-33)24-38(46-43(50)58-40-28-57-42-37(40)22-23-56-42)39(48)27-47(26-30(2)3)62(52,53)36-20-18-34(54-7)19-21-36/h9-21,30-31,37-40,42,45,48H,8,22-29H2,1-7H3,(H,46,50)/t31?,37-,38-,39+,40-,42+,61?/m0/s1. The molecule has 2 unspecified atom stereocenters. The van der Waals surface area contributed by atoms with E-state index in [9.17, 15) is 27.7 Å². The Kier molecular flexibility index (Phi) is 17.4. The number of carbonyl (C=O) groups is 2. The number of sulfonamides is 1. The molecule has 3 N–H and O–H groups in total. The fourth-order valence-corrected chi connectivity index (χ4v) is 10.5. The summed E-state index contributed by atoms with van der Waals surface area (Å²) in [6.45, 7) is 11.6. The van der Waals surface area contributed by atoms with Crippen molar-refractivity contribution in [3.05, 3.63) is 90.0 Å². The van der Waals surface area contributed by atoms with Crippen LogP contribution in [0.25, 0.3) is 0 Å². The number of hydrogen-bond donors (Lipinski definition) is 3. The van der Waals surface area contributed by atoms with E-state index in [0.717, 1.165) is 11.1 Å². The summed E-state index contributed by atoms with van der Waals surface area (Å²) in [4.78, 5) is 25.9. The van der Waals surface area contributed by atoms with E-state index in [4.69, 9.17) is 32.7 Å². The van der Waals surface area contributed by atoms with Crippen LogP contribution in [0.4, 0.5) is 4.79 Å². The SMILES string of the molecule is CCOC(=O)C(C)OP(=O)(Oc1ccccc1)C(C)(C)CNCc1ccc(C[C@H](NC(=O)O[C@H]2CO[C@H]3OCC[C@H]32)[C@H](O)CN(CC(C)C)S(=O)(=O)c2ccc(OC)cc2)cc1. The summed E-state index contributed by atoms with van der Waals surface area (Å²) in [6, 6.07) is 21.2. The molecule has 2 heterocycles. The van der Waals surface area contributed by atoms with E-state index in [1.54, 1.807) is 63.2 Å². The van der Waals surface area contributed by atoms with Gasteiger partial charge in [0.05, 0.1) is 55.0 Å². The molecule has 0 aromatic heterocycles. The lowest BCUT2D eigenvalue weighted by molar-refractivity contribution is -0.150. The predicted molar refractivity (Wildman–Crippen MR) is 231 cm³/mol. The Morgan fingerprint density at radius 3 is 2.27 bits per heavy atom. The van der Waals surface area contributed by atoms with Crippen molar-refractivity contribution < 1.29 is 60.4 Å². The van der Waals surface area contributed by atoms with Gasteiger partial charge in [-0.1, -0.05) is 56.3 Å². The quantitative estimate of drug-likeness (QED) is 0.0750. The second-order valence-electron chi connectivity index (χ2n) is 16.5. The van der Waals surface area contributed by atoms with Gasteiger partial charge in [0.15, 0.2) is 12.4 Å². The second-order valence-corrected chi connectivity index (χ2v) is 21.1. The highest BCUT2D eigenvalue weighted by atomic mass is 32.2. The second kappa shape index (κ2) is 22.0. The zero-order chi connectivity index (χ0) is 45.1. The molecule has 2 saturated heterocycles. The summed E-state index contributed by atoms with van der Waals surface area (Å²) >= 11 is 0. The minimum Gasteiger partial charge on any atom is -0.497 e. The Labute approximate surface area is 365 Å². The van der Waals surface area contributed by atoms with Crippen LogP contribution in [0.5, 0.6) is 11.5 Å². The third-order valence-electron chi connectivity index (χ3n) is 10.7. The fraction of sp³-hybridized carbons (Fsp3) is 0.545. The number of benzene rings is 3. The molecule has 62 heavy (non-hydrogen) atoms. The van der Waals surface area contributed by atoms with Gasteiger partial charge in [-0.05, 0) is 94.0 Å². The smallest absolute Gasteiger partial charge is 0.407 e. The van der Waals surface area contributed by atoms with Crippen LogP contribution < -0.4 is 19.9 Å². The van der Waals surface area contributed by atoms with Crippen molar-refractivity contribution in [1.29, 1.82) is 0 Å². The largest absolute Gasteiger partial charge is 0.497 e. The zero-order valence-corrected chi connectivity index (χ0v) is 38.3. The Hall–Kier alpha value is -4.06. The molecule has 7 atom stereocenters. The van der Waals surface area contributed by atoms with E-state index in [1.807, 2.05) is 38.1 Å². The van der Waals surface area contributed by atoms with Gasteiger partial charge in [-0.25, -0.2) is 22.6 Å². The molecule has 18 heteroatoms. The summed E-state index contributed by atoms with van der Waals surface area (Å²) in [5.41, 5.74) is 1.62. The first-order chi connectivity index (χ1) is 29.4. The van der Waals surface area contributed by atoms with Crippen molar-refractivity contribution in [2.45, 2.75) is 102 Å². The molecule has 1 amide bonds. The van der Waals surface area contributed by atoms with E-state index >= 15 is 0 Å². The molecule has 0 spiro atoms. The normalized spacial score (nSPS) is 20.2. The molecular weight excluding hydrogens is 842 g/mol. The molecule has 0 aliphatic carbocycles. The number of alkyl carbamates (subject to hydrolysis) is 1. The van der Waals surface area contributed by atoms with Crippen LogP contribution in [0.3, 0.4) is 0 Å². The predicted octanol–water partition coefficient (Wildman–Crippen LogP) is 5.91. The van der Waals surface area contributed by atoms with Gasteiger partial charge in [0.2, 0.25) is 10.0 Å². The summed E-state index contributed by atoms with van der Waals surface area (Å²) in [7, 11) is -6.57. The van der Waals surface area contributed by atoms with Crippen molar-refractivity contribution in [3.8, 4) is 11.5 Å². The van der Waals surface area contributed by atoms with Gasteiger partial charge in [-0.15, -0.1) is 0 Å². The van der Waals surface area contributed by atoms with Crippen molar-refractivity contribution in [3.63, 3.8) is 0 Å². The third kappa shape index (κ3) is 13.0. The highest BCUT2D eigenvalue weighted by Gasteiger charge is 2.47. The lowest BCUT2D eigenvalue weighted by atomic mass is 9.99. The highest BCUT2D eigenvalue weighted by molar-refractivity contribution is 7.89. The maximum absolute atomic E-state index is 14.5. The van der Waals surface area contributed by atoms with Crippen LogP contribution in [0, 0.1) is 11.8 Å². The molecule has 0 bridgehead atoms. The molecular formula is C44H62N3O13PS. The van der Waals surface area contributed by atoms with Gasteiger partial charge in [0, 0.05) is 26.2 Å². The number of rotatable bonds is 23. The van der Waals surface area contributed by atoms with Gasteiger partial charge < -0.3 is 43.9 Å². The maximum atomic E-state index is 14.5. The van der Waals surface area contributed by atoms with Crippen LogP contribution in [-0.4, -0.2) is 112 Å². The first-order valence-corrected chi connectivity index (χ1v) is 23.9. The van der Waals surface area contributed by atoms with Gasteiger partial charge in [-0.2, -0.15) is 4.31 Å². The fourth-order valence-electron chi connectivity index (χ4n) is 7.14. The summed E-state index contributed by atoms with van der Waals surface area (Å²) < 4.78 is 82.7. The molecule has 2 fully saturated rings. The number of aliphatic hydroxyl groups excluding tert-OH is 1. The minimum atomic E-state index is -4.06. The Morgan fingerprint density at radius 2 is 1.63 bits per heavy atom. The lowest BCUT2D eigenvalue weighted by Gasteiger charge is -2.34. The first kappa shape index (κ1) is 49.0. The Morgan fingerprint density at radius 1 is 0.952 bits per heavy atom. The van der Waals surface area contributed by atoms with Crippen LogP contribution >= 0.6 is 7.60 Å². The lowest BCUT2D eigenvalue weighted by Crippen LogP contribution is -2.51. The molecule has 2 aliphatic heterocycles. The van der Waals surface area contributed by atoms with Crippen molar-refractivity contribution in [1.82, 2.24) is 14.9 Å². The van der Waals surface area contributed by atoms with E-state index in [2.05, 4.69) is 10.6 Å². The maximum Gasteiger partial charge on any atom is 0.407 e. The first-order valence-electron chi connectivity index (χ1n) is 21.0. The number of amides is 1. The molecule has 2 aliphatic rings. The minimum absolute atomic E-state index is 0.0440. The third-order valence-corrected chi connectivity index (χ3v) is 15.2. The Balaban J connectivity index is 1.29. The van der Waals surface area contributed by atoms with E-state index in [1.165, 1.54) is 30.5 Å². The molecule has 3 aromatic carbocycles. The number of para-hydroxylation sites is 1. The molecule has 5 rings (SSSR count). The monoisotopic (exact) mass is 903 g/mol. The Bertz CT molecular complexity index is 2060. The number of aliphatic hydroxyl groups is 1. The highest BCUT2D eigenvalue weighted by Crippen LogP contribution is 2.60. The number of nitrogens with zero attached hydrogens (tertiary/aromatic N) is 1. The van der Waals surface area contributed by atoms with Gasteiger partial charge in [-0.3, -0.25) is 4.52 Å². The number of nitrogens with one attached hydrogen (secondary N) is 2. The summed E-state index contributed by atoms with van der Waals surface area (Å²) in [5.74, 6) is 0.00438. The average molecular weight is 904 g/mol. The zero-order valence-electron chi connectivity index (χ0n) is 36.6.